The molecule has 0 atom stereocenters. The summed E-state index contributed by atoms with van der Waals surface area (Å²) in [5.74, 6) is 1.75. The van der Waals surface area contributed by atoms with Crippen LogP contribution in [0, 0.1) is 22.7 Å². The fourth-order valence-corrected chi connectivity index (χ4v) is 6.92. The summed E-state index contributed by atoms with van der Waals surface area (Å²) < 4.78 is 5.63. The van der Waals surface area contributed by atoms with Gasteiger partial charge in [-0.25, -0.2) is 0 Å². The van der Waals surface area contributed by atoms with Crippen molar-refractivity contribution in [2.75, 3.05) is 46.9 Å². The molecule has 3 aromatic rings. The Morgan fingerprint density at radius 2 is 1.10 bits per heavy atom. The number of rotatable bonds is 0. The van der Waals surface area contributed by atoms with Crippen molar-refractivity contribution in [1.82, 2.24) is 0 Å². The van der Waals surface area contributed by atoms with E-state index in [1.165, 1.54) is 47.0 Å². The lowest BCUT2D eigenvalue weighted by Crippen LogP contribution is -2.16. The molecule has 0 bridgehead atoms. The zero-order valence-corrected chi connectivity index (χ0v) is 24.0. The normalized spacial score (nSPS) is 15.5. The van der Waals surface area contributed by atoms with Crippen molar-refractivity contribution >= 4 is 70.2 Å². The Bertz CT molecular complexity index is 1330. The van der Waals surface area contributed by atoms with Crippen LogP contribution < -0.4 is 10.6 Å². The lowest BCUT2D eigenvalue weighted by atomic mass is 10.1. The Labute approximate surface area is 244 Å². The van der Waals surface area contributed by atoms with Gasteiger partial charge in [-0.15, -0.1) is 23.5 Å². The second-order valence-electron chi connectivity index (χ2n) is 8.08. The number of amides is 2. The number of nitrogens with one attached hydrogen (secondary N) is 2. The number of benzene rings is 3. The number of ether oxygens (including phenoxy) is 1. The van der Waals surface area contributed by atoms with Gasteiger partial charge in [0.05, 0.1) is 47.2 Å². The van der Waals surface area contributed by atoms with E-state index >= 15 is 0 Å². The standard InChI is InChI=1S/C28H24N4O3S4/c29-15-19-13-25-26(14-20(19)16-30)39-24-8-4-2-6-22(24)32-28(34)18-37-12-10-35-9-11-36-17-27(33)31-21-5-1-3-7-23(21)38-25/h1-8,13-14H,9-12,17-18H2,(H,31,33)(H,32,34). The molecule has 198 valence electrons. The van der Waals surface area contributed by atoms with Gasteiger partial charge in [0.15, 0.2) is 0 Å². The summed E-state index contributed by atoms with van der Waals surface area (Å²) in [7, 11) is 0. The fourth-order valence-electron chi connectivity index (χ4n) is 3.50. The fraction of sp³-hybridized carbons (Fsp3) is 0.214. The largest absolute Gasteiger partial charge is 0.380 e. The number of anilines is 2. The molecule has 4 rings (SSSR count). The average Bonchev–Trinajstić information content (AvgIpc) is 2.94. The van der Waals surface area contributed by atoms with Gasteiger partial charge in [0.2, 0.25) is 11.8 Å². The van der Waals surface area contributed by atoms with Crippen LogP contribution in [0.2, 0.25) is 0 Å². The molecule has 2 amide bonds. The molecule has 0 radical (unpaired) electrons. The first-order valence-corrected chi connectivity index (χ1v) is 15.9. The number of hydrogen-bond acceptors (Lipinski definition) is 9. The van der Waals surface area contributed by atoms with Gasteiger partial charge < -0.3 is 15.4 Å². The monoisotopic (exact) mass is 592 g/mol. The minimum Gasteiger partial charge on any atom is -0.380 e. The van der Waals surface area contributed by atoms with E-state index in [1.807, 2.05) is 48.5 Å². The highest BCUT2D eigenvalue weighted by atomic mass is 32.2. The molecule has 3 aromatic carbocycles. The second kappa shape index (κ2) is 14.9. The summed E-state index contributed by atoms with van der Waals surface area (Å²) in [5, 5.41) is 25.4. The van der Waals surface area contributed by atoms with Gasteiger partial charge >= 0.3 is 0 Å². The Kier molecular flexibility index (Phi) is 11.1. The van der Waals surface area contributed by atoms with E-state index in [0.29, 0.717) is 47.6 Å². The number of nitrogens with zero attached hydrogens (tertiary/aromatic N) is 2. The van der Waals surface area contributed by atoms with Crippen LogP contribution in [0.15, 0.2) is 80.2 Å². The average molecular weight is 593 g/mol. The van der Waals surface area contributed by atoms with Crippen molar-refractivity contribution in [2.45, 2.75) is 19.6 Å². The lowest BCUT2D eigenvalue weighted by molar-refractivity contribution is -0.114. The van der Waals surface area contributed by atoms with Crippen molar-refractivity contribution in [1.29, 1.82) is 10.5 Å². The quantitative estimate of drug-likeness (QED) is 0.319. The van der Waals surface area contributed by atoms with E-state index in [1.54, 1.807) is 12.1 Å². The van der Waals surface area contributed by atoms with E-state index < -0.39 is 0 Å². The summed E-state index contributed by atoms with van der Waals surface area (Å²) in [6.45, 7) is 1.06. The third kappa shape index (κ3) is 8.46. The number of carbonyl (C=O) groups excluding carboxylic acids is 2. The summed E-state index contributed by atoms with van der Waals surface area (Å²) in [5.41, 5.74) is 1.87. The molecular weight excluding hydrogens is 569 g/mol. The van der Waals surface area contributed by atoms with Crippen LogP contribution in [0.1, 0.15) is 11.1 Å². The number of thioether (sulfide) groups is 2. The van der Waals surface area contributed by atoms with Crippen molar-refractivity contribution in [3.8, 4) is 12.1 Å². The maximum Gasteiger partial charge on any atom is 0.234 e. The number of carbonyl (C=O) groups is 2. The molecule has 0 fully saturated rings. The second-order valence-corrected chi connectivity index (χ2v) is 12.5. The van der Waals surface area contributed by atoms with Gasteiger partial charge in [-0.2, -0.15) is 10.5 Å². The molecule has 39 heavy (non-hydrogen) atoms. The molecule has 0 aliphatic carbocycles. The van der Waals surface area contributed by atoms with E-state index in [-0.39, 0.29) is 22.9 Å². The van der Waals surface area contributed by atoms with Gasteiger partial charge in [-0.1, -0.05) is 47.8 Å². The summed E-state index contributed by atoms with van der Waals surface area (Å²) in [4.78, 5) is 28.4. The molecular formula is C28H24N4O3S4. The van der Waals surface area contributed by atoms with Crippen LogP contribution in [-0.4, -0.2) is 48.0 Å². The van der Waals surface area contributed by atoms with E-state index in [4.69, 9.17) is 4.74 Å². The van der Waals surface area contributed by atoms with E-state index in [0.717, 1.165) is 19.6 Å². The Hall–Kier alpha value is -3.06. The van der Waals surface area contributed by atoms with Crippen LogP contribution in [0.5, 0.6) is 0 Å². The highest BCUT2D eigenvalue weighted by Gasteiger charge is 2.17. The minimum absolute atomic E-state index is 0.111. The van der Waals surface area contributed by atoms with Crippen molar-refractivity contribution in [3.05, 3.63) is 71.8 Å². The minimum atomic E-state index is -0.111. The van der Waals surface area contributed by atoms with Gasteiger partial charge in [0.25, 0.3) is 0 Å². The van der Waals surface area contributed by atoms with Gasteiger partial charge in [0.1, 0.15) is 12.1 Å². The molecule has 11 heteroatoms. The highest BCUT2D eigenvalue weighted by molar-refractivity contribution is 8.02. The number of hydrogen-bond donors (Lipinski definition) is 2. The predicted molar refractivity (Wildman–Crippen MR) is 160 cm³/mol. The maximum atomic E-state index is 12.7. The van der Waals surface area contributed by atoms with E-state index in [9.17, 15) is 20.1 Å². The van der Waals surface area contributed by atoms with Gasteiger partial charge in [-0.3, -0.25) is 9.59 Å². The van der Waals surface area contributed by atoms with E-state index in [2.05, 4.69) is 22.8 Å². The zero-order chi connectivity index (χ0) is 27.5. The molecule has 0 saturated carbocycles. The Morgan fingerprint density at radius 3 is 1.54 bits per heavy atom. The van der Waals surface area contributed by atoms with Crippen LogP contribution >= 0.6 is 47.0 Å². The molecule has 1 aliphatic heterocycles. The van der Waals surface area contributed by atoms with Crippen LogP contribution in [0.4, 0.5) is 11.4 Å². The molecule has 1 heterocycles. The third-order valence-electron chi connectivity index (χ3n) is 5.30. The first-order valence-electron chi connectivity index (χ1n) is 11.9. The molecule has 7 nitrogen and oxygen atoms in total. The van der Waals surface area contributed by atoms with Gasteiger partial charge in [-0.05, 0) is 36.4 Å². The molecule has 1 aliphatic rings. The number of para-hydroxylation sites is 2. The summed E-state index contributed by atoms with van der Waals surface area (Å²) >= 11 is 5.80. The lowest BCUT2D eigenvalue weighted by Gasteiger charge is -2.15. The highest BCUT2D eigenvalue weighted by Crippen LogP contribution is 2.44. The molecule has 2 N–H and O–H groups in total. The topological polar surface area (TPSA) is 115 Å². The van der Waals surface area contributed by atoms with Gasteiger partial charge in [0, 0.05) is 31.1 Å². The number of nitriles is 2. The zero-order valence-electron chi connectivity index (χ0n) is 20.8. The maximum absolute atomic E-state index is 12.7. The predicted octanol–water partition coefficient (Wildman–Crippen LogP) is 6.11. The summed E-state index contributed by atoms with van der Waals surface area (Å²) in [6, 6.07) is 22.6. The first-order chi connectivity index (χ1) is 19.1. The molecule has 0 aromatic heterocycles. The van der Waals surface area contributed by atoms with Crippen molar-refractivity contribution in [3.63, 3.8) is 0 Å². The Balaban J connectivity index is 1.72. The third-order valence-corrected chi connectivity index (χ3v) is 9.54. The number of fused-ring (bicyclic) bond motifs is 3. The molecule has 0 unspecified atom stereocenters. The van der Waals surface area contributed by atoms with Crippen LogP contribution in [0.3, 0.4) is 0 Å². The smallest absolute Gasteiger partial charge is 0.234 e. The van der Waals surface area contributed by atoms with Crippen LogP contribution in [0.25, 0.3) is 0 Å². The summed E-state index contributed by atoms with van der Waals surface area (Å²) in [6.07, 6.45) is 0. The van der Waals surface area contributed by atoms with Crippen LogP contribution in [-0.2, 0) is 14.3 Å². The van der Waals surface area contributed by atoms with Crippen molar-refractivity contribution in [2.24, 2.45) is 0 Å². The molecule has 0 saturated heterocycles. The molecule has 0 spiro atoms. The first kappa shape index (κ1) is 28.9. The Morgan fingerprint density at radius 1 is 0.667 bits per heavy atom. The SMILES string of the molecule is N#Cc1cc2c(cc1C#N)Sc1ccccc1NC(=O)CSCCOCCSCC(=O)Nc1ccccc1S2. The van der Waals surface area contributed by atoms with Crippen molar-refractivity contribution < 1.29 is 14.3 Å².